The van der Waals surface area contributed by atoms with Crippen LogP contribution in [0.3, 0.4) is 0 Å². The molecule has 1 atom stereocenters. The summed E-state index contributed by atoms with van der Waals surface area (Å²) in [5, 5.41) is 13.3. The second-order valence-corrected chi connectivity index (χ2v) is 10.3. The number of hydrogen-bond acceptors (Lipinski definition) is 7. The quantitative estimate of drug-likeness (QED) is 0.450. The number of aliphatic hydroxyl groups is 1. The number of carbonyl (C=O) groups excluding carboxylic acids is 1. The molecule has 1 heterocycles. The summed E-state index contributed by atoms with van der Waals surface area (Å²) < 4.78 is 5.50. The Morgan fingerprint density at radius 1 is 1.22 bits per heavy atom. The molecule has 0 aromatic heterocycles. The number of aryl methyl sites for hydroxylation is 1. The van der Waals surface area contributed by atoms with Crippen molar-refractivity contribution >= 4 is 23.4 Å². The number of aliphatic imine (C=N–C) groups is 1. The minimum Gasteiger partial charge on any atom is -0.497 e. The number of anilines is 1. The lowest BCUT2D eigenvalue weighted by molar-refractivity contribution is 0.0345. The molecule has 8 nitrogen and oxygen atoms in total. The number of ether oxygens (including phenoxy) is 1. The van der Waals surface area contributed by atoms with E-state index in [1.165, 1.54) is 6.20 Å². The molecule has 3 rings (SSSR count). The van der Waals surface area contributed by atoms with Crippen molar-refractivity contribution in [2.24, 2.45) is 10.7 Å². The Morgan fingerprint density at radius 2 is 1.92 bits per heavy atom. The monoisotopic (exact) mass is 507 g/mol. The Balaban J connectivity index is 1.75. The van der Waals surface area contributed by atoms with Gasteiger partial charge in [0.15, 0.2) is 0 Å². The number of benzene rings is 2. The van der Waals surface area contributed by atoms with Crippen molar-refractivity contribution in [1.82, 2.24) is 10.2 Å². The van der Waals surface area contributed by atoms with Gasteiger partial charge >= 0.3 is 0 Å². The van der Waals surface area contributed by atoms with Crippen LogP contribution in [0.15, 0.2) is 47.6 Å². The summed E-state index contributed by atoms with van der Waals surface area (Å²) in [4.78, 5) is 22.0. The van der Waals surface area contributed by atoms with Gasteiger partial charge in [-0.15, -0.1) is 0 Å². The first-order valence-corrected chi connectivity index (χ1v) is 12.7. The molecule has 1 amide bonds. The van der Waals surface area contributed by atoms with Crippen LogP contribution in [-0.4, -0.2) is 74.6 Å². The zero-order chi connectivity index (χ0) is 27.2. The molecular formula is C29H41N5O3. The molecule has 37 heavy (non-hydrogen) atoms. The predicted molar refractivity (Wildman–Crippen MR) is 152 cm³/mol. The molecule has 1 unspecified atom stereocenters. The smallest absolute Gasteiger partial charge is 0.252 e. The highest BCUT2D eigenvalue weighted by Crippen LogP contribution is 2.27. The molecule has 1 saturated heterocycles. The molecule has 1 aliphatic heterocycles. The van der Waals surface area contributed by atoms with E-state index in [0.717, 1.165) is 54.1 Å². The van der Waals surface area contributed by atoms with Crippen molar-refractivity contribution < 1.29 is 14.6 Å². The number of β-amino-alcohol motifs (C(OH)–C–C–N with tert-alkyl or cyclic N) is 1. The zero-order valence-electron chi connectivity index (χ0n) is 22.9. The number of allylic oxidation sites excluding steroid dienone is 1. The maximum absolute atomic E-state index is 13.4. The van der Waals surface area contributed by atoms with E-state index >= 15 is 0 Å². The van der Waals surface area contributed by atoms with Gasteiger partial charge in [0.25, 0.3) is 5.91 Å². The third-order valence-electron chi connectivity index (χ3n) is 6.61. The highest BCUT2D eigenvalue weighted by Gasteiger charge is 2.24. The molecule has 2 aromatic rings. The first-order chi connectivity index (χ1) is 17.5. The largest absolute Gasteiger partial charge is 0.497 e. The van der Waals surface area contributed by atoms with Crippen LogP contribution in [0.4, 0.5) is 5.69 Å². The number of methoxy groups -OCH3 is 1. The highest BCUT2D eigenvalue weighted by atomic mass is 16.5. The summed E-state index contributed by atoms with van der Waals surface area (Å²) >= 11 is 0. The third-order valence-corrected chi connectivity index (χ3v) is 6.61. The molecule has 0 bridgehead atoms. The van der Waals surface area contributed by atoms with E-state index in [-0.39, 0.29) is 11.9 Å². The fourth-order valence-corrected chi connectivity index (χ4v) is 4.63. The summed E-state index contributed by atoms with van der Waals surface area (Å²) in [5.41, 5.74) is 10.3. The van der Waals surface area contributed by atoms with Crippen LogP contribution in [0.25, 0.3) is 5.57 Å². The van der Waals surface area contributed by atoms with Gasteiger partial charge < -0.3 is 25.8 Å². The van der Waals surface area contributed by atoms with E-state index in [1.807, 2.05) is 58.0 Å². The van der Waals surface area contributed by atoms with Crippen LogP contribution in [0.1, 0.15) is 53.9 Å². The first-order valence-electron chi connectivity index (χ1n) is 12.7. The lowest BCUT2D eigenvalue weighted by Gasteiger charge is -2.38. The zero-order valence-corrected chi connectivity index (χ0v) is 22.9. The number of carbonyl (C=O) groups is 1. The van der Waals surface area contributed by atoms with Crippen molar-refractivity contribution in [2.45, 2.75) is 39.3 Å². The second-order valence-electron chi connectivity index (χ2n) is 10.3. The predicted octanol–water partition coefficient (Wildman–Crippen LogP) is 3.39. The number of nitrogens with zero attached hydrogens (tertiary/aromatic N) is 3. The van der Waals surface area contributed by atoms with Gasteiger partial charge in [0.2, 0.25) is 0 Å². The van der Waals surface area contributed by atoms with Crippen molar-refractivity contribution in [3.8, 4) is 5.75 Å². The summed E-state index contributed by atoms with van der Waals surface area (Å²) in [6.07, 6.45) is 3.20. The number of nitrogens with two attached hydrogens (primary N) is 1. The van der Waals surface area contributed by atoms with Gasteiger partial charge in [0.05, 0.1) is 18.8 Å². The molecule has 0 radical (unpaired) electrons. The van der Waals surface area contributed by atoms with Crippen molar-refractivity contribution in [1.29, 1.82) is 0 Å². The number of piperazine rings is 1. The van der Waals surface area contributed by atoms with Gasteiger partial charge in [-0.05, 0) is 74.7 Å². The molecule has 0 spiro atoms. The first kappa shape index (κ1) is 28.2. The van der Waals surface area contributed by atoms with E-state index in [9.17, 15) is 9.90 Å². The molecule has 0 saturated carbocycles. The van der Waals surface area contributed by atoms with Crippen molar-refractivity contribution in [3.63, 3.8) is 0 Å². The van der Waals surface area contributed by atoms with Gasteiger partial charge in [-0.25, -0.2) is 0 Å². The maximum atomic E-state index is 13.4. The van der Waals surface area contributed by atoms with Crippen molar-refractivity contribution in [2.75, 3.05) is 51.8 Å². The summed E-state index contributed by atoms with van der Waals surface area (Å²) in [6.45, 7) is 11.7. The Hall–Kier alpha value is -3.36. The standard InChI is InChI=1S/C29H41N5O3/c1-20-7-8-25(34-11-9-33(10-12-34)19-29(3,4)36)16-27(20)28(35)32-21(2)22-13-23(15-26(14-22)37-6)24(17-30)18-31-5/h7-8,13-18,21,36H,9-12,19,30H2,1-6H3,(H,32,35)/b24-17+,31-18?. The molecule has 1 fully saturated rings. The van der Waals surface area contributed by atoms with Crippen LogP contribution in [0, 0.1) is 6.92 Å². The summed E-state index contributed by atoms with van der Waals surface area (Å²) in [6, 6.07) is 11.6. The fourth-order valence-electron chi connectivity index (χ4n) is 4.63. The Kier molecular flexibility index (Phi) is 9.34. The Bertz CT molecular complexity index is 1140. The lowest BCUT2D eigenvalue weighted by atomic mass is 9.99. The second kappa shape index (κ2) is 12.3. The highest BCUT2D eigenvalue weighted by molar-refractivity contribution is 6.09. The van der Waals surface area contributed by atoms with Crippen LogP contribution < -0.4 is 20.7 Å². The maximum Gasteiger partial charge on any atom is 0.252 e. The molecule has 4 N–H and O–H groups in total. The number of hydrogen-bond donors (Lipinski definition) is 3. The van der Waals surface area contributed by atoms with E-state index in [1.54, 1.807) is 20.4 Å². The van der Waals surface area contributed by atoms with Crippen LogP contribution in [0.2, 0.25) is 0 Å². The summed E-state index contributed by atoms with van der Waals surface area (Å²) in [7, 11) is 3.31. The van der Waals surface area contributed by atoms with Crippen molar-refractivity contribution in [3.05, 3.63) is 64.9 Å². The van der Waals surface area contributed by atoms with E-state index in [2.05, 4.69) is 26.2 Å². The normalized spacial score (nSPS) is 16.2. The molecular weight excluding hydrogens is 466 g/mol. The Morgan fingerprint density at radius 3 is 2.51 bits per heavy atom. The topological polar surface area (TPSA) is 103 Å². The number of rotatable bonds is 9. The molecule has 8 heteroatoms. The summed E-state index contributed by atoms with van der Waals surface area (Å²) in [5.74, 6) is 0.556. The molecule has 2 aromatic carbocycles. The lowest BCUT2D eigenvalue weighted by Crippen LogP contribution is -2.50. The minimum absolute atomic E-state index is 0.124. The van der Waals surface area contributed by atoms with Gasteiger partial charge in [-0.1, -0.05) is 6.07 Å². The average Bonchev–Trinajstić information content (AvgIpc) is 2.86. The van der Waals surface area contributed by atoms with Crippen LogP contribution >= 0.6 is 0 Å². The number of amides is 1. The van der Waals surface area contributed by atoms with E-state index < -0.39 is 5.60 Å². The van der Waals surface area contributed by atoms with Gasteiger partial charge in [0, 0.05) is 69.0 Å². The minimum atomic E-state index is -0.705. The number of nitrogens with one attached hydrogen (secondary N) is 1. The average molecular weight is 508 g/mol. The molecule has 1 aliphatic rings. The Labute approximate surface area is 220 Å². The SMILES string of the molecule is CN=C/C(=C\N)c1cc(OC)cc(C(C)NC(=O)c2cc(N3CCN(CC(C)(C)O)CC3)ccc2C)c1. The van der Waals surface area contributed by atoms with Crippen LogP contribution in [-0.2, 0) is 0 Å². The fraction of sp³-hybridized carbons (Fsp3) is 0.448. The van der Waals surface area contributed by atoms with Gasteiger partial charge in [0.1, 0.15) is 5.75 Å². The van der Waals surface area contributed by atoms with Gasteiger partial charge in [-0.2, -0.15) is 0 Å². The van der Waals surface area contributed by atoms with E-state index in [4.69, 9.17) is 10.5 Å². The third kappa shape index (κ3) is 7.57. The van der Waals surface area contributed by atoms with Crippen LogP contribution in [0.5, 0.6) is 5.75 Å². The molecule has 0 aliphatic carbocycles. The van der Waals surface area contributed by atoms with Gasteiger partial charge in [-0.3, -0.25) is 14.7 Å². The van der Waals surface area contributed by atoms with E-state index in [0.29, 0.717) is 17.9 Å². The molecule has 200 valence electrons.